The predicted octanol–water partition coefficient (Wildman–Crippen LogP) is 1.25. The normalized spacial score (nSPS) is 15.8. The summed E-state index contributed by atoms with van der Waals surface area (Å²) in [7, 11) is 1.64. The van der Waals surface area contributed by atoms with E-state index in [-0.39, 0.29) is 11.9 Å². The van der Waals surface area contributed by atoms with Gasteiger partial charge < -0.3 is 15.1 Å². The van der Waals surface area contributed by atoms with Gasteiger partial charge in [-0.2, -0.15) is 0 Å². The highest BCUT2D eigenvalue weighted by atomic mass is 16.5. The number of rotatable bonds is 7. The fraction of sp³-hybridized carbons (Fsp3) is 0.571. The largest absolute Gasteiger partial charge is 0.383 e. The maximum Gasteiger partial charge on any atom is 0.272 e. The van der Waals surface area contributed by atoms with Gasteiger partial charge in [-0.1, -0.05) is 0 Å². The van der Waals surface area contributed by atoms with E-state index in [0.717, 1.165) is 0 Å². The highest BCUT2D eigenvalue weighted by Crippen LogP contribution is 2.35. The van der Waals surface area contributed by atoms with Crippen molar-refractivity contribution in [3.63, 3.8) is 0 Å². The summed E-state index contributed by atoms with van der Waals surface area (Å²) in [6.07, 6.45) is 3.95. The van der Waals surface area contributed by atoms with Crippen molar-refractivity contribution in [2.24, 2.45) is 11.8 Å². The molecule has 1 fully saturated rings. The summed E-state index contributed by atoms with van der Waals surface area (Å²) in [5.74, 6) is 5.86. The Bertz CT molecular complexity index is 445. The zero-order valence-electron chi connectivity index (χ0n) is 12.0. The van der Waals surface area contributed by atoms with E-state index in [9.17, 15) is 4.79 Å². The third-order valence-electron chi connectivity index (χ3n) is 3.74. The summed E-state index contributed by atoms with van der Waals surface area (Å²) in [5, 5.41) is 0. The first kappa shape index (κ1) is 14.7. The predicted molar refractivity (Wildman–Crippen MR) is 77.1 cm³/mol. The standard InChI is InChI=1S/C14H22N4O2/c1-10(11-3-4-11)18(7-8-20-2)14(19)13-6-5-12(17-15)9-16-13/h5-6,9-11,17H,3-4,7-8,15H2,1-2H3. The van der Waals surface area contributed by atoms with Crippen LogP contribution in [0, 0.1) is 5.92 Å². The van der Waals surface area contributed by atoms with Crippen molar-refractivity contribution in [3.8, 4) is 0 Å². The molecule has 0 aliphatic heterocycles. The molecule has 1 aliphatic carbocycles. The maximum absolute atomic E-state index is 12.6. The van der Waals surface area contributed by atoms with Gasteiger partial charge in [0, 0.05) is 19.7 Å². The van der Waals surface area contributed by atoms with Crippen LogP contribution in [-0.2, 0) is 4.74 Å². The number of anilines is 1. The topological polar surface area (TPSA) is 80.5 Å². The smallest absolute Gasteiger partial charge is 0.272 e. The monoisotopic (exact) mass is 278 g/mol. The molecule has 1 atom stereocenters. The molecule has 6 nitrogen and oxygen atoms in total. The minimum Gasteiger partial charge on any atom is -0.383 e. The zero-order chi connectivity index (χ0) is 14.5. The quantitative estimate of drug-likeness (QED) is 0.579. The average molecular weight is 278 g/mol. The van der Waals surface area contributed by atoms with Gasteiger partial charge in [0.2, 0.25) is 0 Å². The Balaban J connectivity index is 2.10. The van der Waals surface area contributed by atoms with Crippen molar-refractivity contribution in [3.05, 3.63) is 24.0 Å². The molecule has 1 aromatic rings. The molecule has 1 aliphatic rings. The van der Waals surface area contributed by atoms with Crippen LogP contribution in [0.1, 0.15) is 30.3 Å². The molecule has 1 unspecified atom stereocenters. The molecule has 0 saturated heterocycles. The van der Waals surface area contributed by atoms with Crippen LogP contribution in [0.3, 0.4) is 0 Å². The molecule has 1 heterocycles. The van der Waals surface area contributed by atoms with Gasteiger partial charge >= 0.3 is 0 Å². The van der Waals surface area contributed by atoms with Crippen molar-refractivity contribution < 1.29 is 9.53 Å². The molecule has 20 heavy (non-hydrogen) atoms. The first-order valence-corrected chi connectivity index (χ1v) is 6.90. The van der Waals surface area contributed by atoms with Crippen LogP contribution < -0.4 is 11.3 Å². The van der Waals surface area contributed by atoms with Gasteiger partial charge in [-0.05, 0) is 37.8 Å². The summed E-state index contributed by atoms with van der Waals surface area (Å²) in [4.78, 5) is 18.6. The Morgan fingerprint density at radius 3 is 2.85 bits per heavy atom. The molecular formula is C14H22N4O2. The number of aromatic nitrogens is 1. The number of methoxy groups -OCH3 is 1. The van der Waals surface area contributed by atoms with E-state index in [1.165, 1.54) is 12.8 Å². The third-order valence-corrected chi connectivity index (χ3v) is 3.74. The minimum absolute atomic E-state index is 0.0509. The van der Waals surface area contributed by atoms with E-state index in [0.29, 0.717) is 30.5 Å². The Kier molecular flexibility index (Phi) is 4.92. The van der Waals surface area contributed by atoms with Crippen molar-refractivity contribution >= 4 is 11.6 Å². The number of pyridine rings is 1. The third kappa shape index (κ3) is 3.46. The second-order valence-corrected chi connectivity index (χ2v) is 5.15. The lowest BCUT2D eigenvalue weighted by molar-refractivity contribution is 0.0589. The number of hydrogen-bond acceptors (Lipinski definition) is 5. The first-order chi connectivity index (χ1) is 9.67. The Morgan fingerprint density at radius 1 is 1.60 bits per heavy atom. The van der Waals surface area contributed by atoms with Crippen molar-refractivity contribution in [2.45, 2.75) is 25.8 Å². The molecule has 1 amide bonds. The van der Waals surface area contributed by atoms with Crippen LogP contribution in [0.25, 0.3) is 0 Å². The van der Waals surface area contributed by atoms with E-state index >= 15 is 0 Å². The van der Waals surface area contributed by atoms with Crippen LogP contribution in [-0.4, -0.2) is 42.1 Å². The van der Waals surface area contributed by atoms with E-state index in [1.807, 2.05) is 4.90 Å². The van der Waals surface area contributed by atoms with Crippen LogP contribution >= 0.6 is 0 Å². The van der Waals surface area contributed by atoms with Gasteiger partial charge in [0.15, 0.2) is 0 Å². The Labute approximate surface area is 119 Å². The van der Waals surface area contributed by atoms with Gasteiger partial charge in [0.05, 0.1) is 18.5 Å². The first-order valence-electron chi connectivity index (χ1n) is 6.90. The van der Waals surface area contributed by atoms with Crippen LogP contribution in [0.5, 0.6) is 0 Å². The molecule has 0 aromatic carbocycles. The molecule has 6 heteroatoms. The van der Waals surface area contributed by atoms with Gasteiger partial charge in [-0.3, -0.25) is 10.6 Å². The Hall–Kier alpha value is -1.66. The van der Waals surface area contributed by atoms with Crippen molar-refractivity contribution in [2.75, 3.05) is 25.7 Å². The van der Waals surface area contributed by atoms with Gasteiger partial charge in [0.25, 0.3) is 5.91 Å². The van der Waals surface area contributed by atoms with Crippen molar-refractivity contribution in [1.29, 1.82) is 0 Å². The lowest BCUT2D eigenvalue weighted by Crippen LogP contribution is -2.42. The number of ether oxygens (including phenoxy) is 1. The summed E-state index contributed by atoms with van der Waals surface area (Å²) in [6.45, 7) is 3.22. The summed E-state index contributed by atoms with van der Waals surface area (Å²) < 4.78 is 5.10. The second kappa shape index (κ2) is 6.67. The number of nitrogen functional groups attached to an aromatic ring is 1. The van der Waals surface area contributed by atoms with Gasteiger partial charge in [0.1, 0.15) is 5.69 Å². The van der Waals surface area contributed by atoms with Crippen LogP contribution in [0.4, 0.5) is 5.69 Å². The minimum atomic E-state index is -0.0509. The van der Waals surface area contributed by atoms with Crippen LogP contribution in [0.15, 0.2) is 18.3 Å². The molecule has 0 spiro atoms. The maximum atomic E-state index is 12.6. The summed E-state index contributed by atoms with van der Waals surface area (Å²) >= 11 is 0. The molecule has 110 valence electrons. The van der Waals surface area contributed by atoms with Crippen molar-refractivity contribution in [1.82, 2.24) is 9.88 Å². The molecular weight excluding hydrogens is 256 g/mol. The lowest BCUT2D eigenvalue weighted by atomic mass is 10.1. The van der Waals surface area contributed by atoms with Gasteiger partial charge in [-0.15, -0.1) is 0 Å². The number of carbonyl (C=O) groups excluding carboxylic acids is 1. The fourth-order valence-electron chi connectivity index (χ4n) is 2.27. The van der Waals surface area contributed by atoms with E-state index in [4.69, 9.17) is 10.6 Å². The lowest BCUT2D eigenvalue weighted by Gasteiger charge is -2.29. The van der Waals surface area contributed by atoms with Gasteiger partial charge in [-0.25, -0.2) is 4.98 Å². The summed E-state index contributed by atoms with van der Waals surface area (Å²) in [6, 6.07) is 3.67. The van der Waals surface area contributed by atoms with E-state index in [1.54, 1.807) is 25.4 Å². The highest BCUT2D eigenvalue weighted by Gasteiger charge is 2.34. The number of nitrogens with two attached hydrogens (primary N) is 1. The fourth-order valence-corrected chi connectivity index (χ4v) is 2.27. The second-order valence-electron chi connectivity index (χ2n) is 5.15. The molecule has 0 radical (unpaired) electrons. The average Bonchev–Trinajstić information content (AvgIpc) is 3.32. The summed E-state index contributed by atoms with van der Waals surface area (Å²) in [5.41, 5.74) is 3.62. The van der Waals surface area contributed by atoms with Crippen LogP contribution in [0.2, 0.25) is 0 Å². The highest BCUT2D eigenvalue weighted by molar-refractivity contribution is 5.92. The SMILES string of the molecule is COCCN(C(=O)c1ccc(NN)cn1)C(C)C1CC1. The molecule has 0 bridgehead atoms. The number of hydrazine groups is 1. The van der Waals surface area contributed by atoms with E-state index < -0.39 is 0 Å². The molecule has 3 N–H and O–H groups in total. The van der Waals surface area contributed by atoms with E-state index in [2.05, 4.69) is 17.3 Å². The number of hydrogen-bond donors (Lipinski definition) is 2. The molecule has 1 saturated carbocycles. The number of nitrogens with zero attached hydrogens (tertiary/aromatic N) is 2. The molecule has 1 aromatic heterocycles. The zero-order valence-corrected chi connectivity index (χ0v) is 12.0. The number of amides is 1. The Morgan fingerprint density at radius 2 is 2.35 bits per heavy atom. The number of carbonyl (C=O) groups is 1. The number of nitrogens with one attached hydrogen (secondary N) is 1. The molecule has 2 rings (SSSR count).